The normalized spacial score (nSPS) is 16.0. The van der Waals surface area contributed by atoms with Crippen molar-refractivity contribution < 1.29 is 4.79 Å². The van der Waals surface area contributed by atoms with E-state index < -0.39 is 0 Å². The van der Waals surface area contributed by atoms with Crippen molar-refractivity contribution in [1.29, 1.82) is 0 Å². The quantitative estimate of drug-likeness (QED) is 0.795. The van der Waals surface area contributed by atoms with Gasteiger partial charge in [-0.1, -0.05) is 0 Å². The highest BCUT2D eigenvalue weighted by Gasteiger charge is 2.27. The van der Waals surface area contributed by atoms with Gasteiger partial charge in [-0.25, -0.2) is 4.98 Å². The molecule has 124 valence electrons. The van der Waals surface area contributed by atoms with Crippen LogP contribution < -0.4 is 11.1 Å². The number of pyridine rings is 1. The van der Waals surface area contributed by atoms with Gasteiger partial charge in [-0.05, 0) is 44.2 Å². The zero-order valence-corrected chi connectivity index (χ0v) is 13.4. The molecule has 3 heterocycles. The van der Waals surface area contributed by atoms with Crippen LogP contribution in [0.15, 0.2) is 15.7 Å². The Kier molecular flexibility index (Phi) is 3.37. The molecule has 7 heteroatoms. The van der Waals surface area contributed by atoms with Gasteiger partial charge in [0.15, 0.2) is 0 Å². The Balaban J connectivity index is 1.67. The molecule has 7 nitrogen and oxygen atoms in total. The Morgan fingerprint density at radius 1 is 1.17 bits per heavy atom. The fourth-order valence-corrected chi connectivity index (χ4v) is 3.58. The van der Waals surface area contributed by atoms with Gasteiger partial charge in [0.25, 0.3) is 17.0 Å². The van der Waals surface area contributed by atoms with E-state index >= 15 is 0 Å². The summed E-state index contributed by atoms with van der Waals surface area (Å²) in [6.45, 7) is 2.39. The molecule has 0 bridgehead atoms. The number of hydrogen-bond donors (Lipinski definition) is 2. The molecule has 2 aromatic heterocycles. The van der Waals surface area contributed by atoms with Gasteiger partial charge in [0.2, 0.25) is 0 Å². The highest BCUT2D eigenvalue weighted by atomic mass is 16.2. The average Bonchev–Trinajstić information content (AvgIpc) is 2.99. The second kappa shape index (κ2) is 5.43. The van der Waals surface area contributed by atoms with Crippen molar-refractivity contribution in [2.75, 3.05) is 6.54 Å². The van der Waals surface area contributed by atoms with Crippen LogP contribution in [-0.4, -0.2) is 32.3 Å². The van der Waals surface area contributed by atoms with Crippen molar-refractivity contribution in [3.8, 4) is 0 Å². The summed E-state index contributed by atoms with van der Waals surface area (Å²) >= 11 is 0. The minimum absolute atomic E-state index is 0.139. The van der Waals surface area contributed by atoms with Gasteiger partial charge in [-0.2, -0.15) is 0 Å². The summed E-state index contributed by atoms with van der Waals surface area (Å²) in [6.07, 6.45) is 3.21. The van der Waals surface area contributed by atoms with E-state index in [0.717, 1.165) is 30.5 Å². The first-order valence-corrected chi connectivity index (χ1v) is 8.16. The molecule has 0 aromatic carbocycles. The van der Waals surface area contributed by atoms with Gasteiger partial charge in [0.1, 0.15) is 11.4 Å². The Morgan fingerprint density at radius 2 is 2.00 bits per heavy atom. The Hall–Kier alpha value is -2.70. The SMILES string of the molecule is Cc1nc2c(c(=O)[nH]1)CCN(C(=O)c1cc3c([nH]c1=O)CCC3)C2. The number of H-pyrrole nitrogens is 2. The summed E-state index contributed by atoms with van der Waals surface area (Å²) in [4.78, 5) is 48.5. The van der Waals surface area contributed by atoms with E-state index in [2.05, 4.69) is 15.0 Å². The first kappa shape index (κ1) is 14.9. The first-order valence-electron chi connectivity index (χ1n) is 8.16. The van der Waals surface area contributed by atoms with E-state index in [-0.39, 0.29) is 29.1 Å². The van der Waals surface area contributed by atoms with Crippen LogP contribution >= 0.6 is 0 Å². The van der Waals surface area contributed by atoms with Crippen molar-refractivity contribution in [2.45, 2.75) is 39.2 Å². The third-order valence-electron chi connectivity index (χ3n) is 4.80. The molecule has 0 fully saturated rings. The zero-order valence-electron chi connectivity index (χ0n) is 13.4. The minimum atomic E-state index is -0.332. The molecule has 1 aliphatic heterocycles. The summed E-state index contributed by atoms with van der Waals surface area (Å²) in [7, 11) is 0. The zero-order chi connectivity index (χ0) is 16.8. The molecule has 1 amide bonds. The molecular formula is C17H18N4O3. The predicted molar refractivity (Wildman–Crippen MR) is 87.1 cm³/mol. The molecule has 0 radical (unpaired) electrons. The number of fused-ring (bicyclic) bond motifs is 2. The lowest BCUT2D eigenvalue weighted by molar-refractivity contribution is 0.0729. The molecule has 0 unspecified atom stereocenters. The number of hydrogen-bond acceptors (Lipinski definition) is 4. The van der Waals surface area contributed by atoms with Gasteiger partial charge in [-0.15, -0.1) is 0 Å². The summed E-state index contributed by atoms with van der Waals surface area (Å²) in [5.41, 5.74) is 2.97. The summed E-state index contributed by atoms with van der Waals surface area (Å²) in [5.74, 6) is 0.236. The van der Waals surface area contributed by atoms with Crippen LogP contribution in [0.2, 0.25) is 0 Å². The van der Waals surface area contributed by atoms with Crippen molar-refractivity contribution in [3.63, 3.8) is 0 Å². The fourth-order valence-electron chi connectivity index (χ4n) is 3.58. The number of carbonyl (C=O) groups is 1. The van der Waals surface area contributed by atoms with Crippen LogP contribution in [0.4, 0.5) is 0 Å². The van der Waals surface area contributed by atoms with Crippen molar-refractivity contribution >= 4 is 5.91 Å². The summed E-state index contributed by atoms with van der Waals surface area (Å²) in [6, 6.07) is 1.73. The second-order valence-corrected chi connectivity index (χ2v) is 6.42. The molecule has 0 saturated heterocycles. The maximum atomic E-state index is 12.8. The monoisotopic (exact) mass is 326 g/mol. The largest absolute Gasteiger partial charge is 0.332 e. The Labute approximate surface area is 137 Å². The molecule has 4 rings (SSSR count). The number of aromatic nitrogens is 3. The summed E-state index contributed by atoms with van der Waals surface area (Å²) < 4.78 is 0. The Bertz CT molecular complexity index is 957. The smallest absolute Gasteiger partial charge is 0.261 e. The topological polar surface area (TPSA) is 98.9 Å². The molecule has 2 aromatic rings. The minimum Gasteiger partial charge on any atom is -0.332 e. The van der Waals surface area contributed by atoms with Crippen LogP contribution in [0.25, 0.3) is 0 Å². The highest BCUT2D eigenvalue weighted by molar-refractivity contribution is 5.94. The number of carbonyl (C=O) groups excluding carboxylic acids is 1. The molecular weight excluding hydrogens is 308 g/mol. The standard InChI is InChI=1S/C17H18N4O3/c1-9-18-14-8-21(6-5-11(14)15(22)19-9)17(24)12-7-10-3-2-4-13(10)20-16(12)23/h7H,2-6,8H2,1H3,(H,20,23)(H,18,19,22). The third kappa shape index (κ3) is 2.36. The number of nitrogens with zero attached hydrogens (tertiary/aromatic N) is 2. The van der Waals surface area contributed by atoms with Crippen LogP contribution in [0.5, 0.6) is 0 Å². The molecule has 0 spiro atoms. The van der Waals surface area contributed by atoms with Crippen molar-refractivity contribution in [2.24, 2.45) is 0 Å². The van der Waals surface area contributed by atoms with E-state index in [4.69, 9.17) is 0 Å². The van der Waals surface area contributed by atoms with E-state index in [1.54, 1.807) is 17.9 Å². The van der Waals surface area contributed by atoms with E-state index in [1.807, 2.05) is 0 Å². The third-order valence-corrected chi connectivity index (χ3v) is 4.80. The van der Waals surface area contributed by atoms with Gasteiger partial charge >= 0.3 is 0 Å². The van der Waals surface area contributed by atoms with E-state index in [9.17, 15) is 14.4 Å². The first-order chi connectivity index (χ1) is 11.5. The molecule has 2 aliphatic rings. The molecule has 24 heavy (non-hydrogen) atoms. The van der Waals surface area contributed by atoms with Gasteiger partial charge in [0, 0.05) is 17.8 Å². The van der Waals surface area contributed by atoms with Gasteiger partial charge < -0.3 is 14.9 Å². The maximum Gasteiger partial charge on any atom is 0.261 e. The molecule has 2 N–H and O–H groups in total. The van der Waals surface area contributed by atoms with E-state index in [1.165, 1.54) is 0 Å². The van der Waals surface area contributed by atoms with Crippen LogP contribution in [0.1, 0.15) is 45.1 Å². The molecule has 0 saturated carbocycles. The molecule has 1 aliphatic carbocycles. The van der Waals surface area contributed by atoms with Crippen molar-refractivity contribution in [3.05, 3.63) is 60.7 Å². The fraction of sp³-hybridized carbons (Fsp3) is 0.412. The van der Waals surface area contributed by atoms with Crippen LogP contribution in [0.3, 0.4) is 0 Å². The summed E-state index contributed by atoms with van der Waals surface area (Å²) in [5, 5.41) is 0. The van der Waals surface area contributed by atoms with Crippen molar-refractivity contribution in [1.82, 2.24) is 19.9 Å². The lowest BCUT2D eigenvalue weighted by Gasteiger charge is -2.27. The van der Waals surface area contributed by atoms with Crippen LogP contribution in [0, 0.1) is 6.92 Å². The molecule has 0 atom stereocenters. The lowest BCUT2D eigenvalue weighted by atomic mass is 10.0. The van der Waals surface area contributed by atoms with Gasteiger partial charge in [-0.3, -0.25) is 14.4 Å². The number of aromatic amines is 2. The number of nitrogens with one attached hydrogen (secondary N) is 2. The second-order valence-electron chi connectivity index (χ2n) is 6.42. The average molecular weight is 326 g/mol. The van der Waals surface area contributed by atoms with Gasteiger partial charge in [0.05, 0.1) is 12.2 Å². The Morgan fingerprint density at radius 3 is 2.83 bits per heavy atom. The van der Waals surface area contributed by atoms with Crippen LogP contribution in [-0.2, 0) is 25.8 Å². The lowest BCUT2D eigenvalue weighted by Crippen LogP contribution is -2.41. The maximum absolute atomic E-state index is 12.8. The van der Waals surface area contributed by atoms with E-state index in [0.29, 0.717) is 30.0 Å². The number of rotatable bonds is 1. The number of amides is 1. The number of aryl methyl sites for hydroxylation is 3. The predicted octanol–water partition coefficient (Wildman–Crippen LogP) is 0.454. The highest BCUT2D eigenvalue weighted by Crippen LogP contribution is 2.21.